The Kier molecular flexibility index (Phi) is 7.66. The van der Waals surface area contributed by atoms with Gasteiger partial charge in [-0.2, -0.15) is 0 Å². The van der Waals surface area contributed by atoms with Crippen LogP contribution in [0.15, 0.2) is 79.1 Å². The number of fused-ring (bicyclic) bond motifs is 1. The lowest BCUT2D eigenvalue weighted by molar-refractivity contribution is -0.0391. The number of aromatic nitrogens is 1. The number of carbonyl (C=O) groups is 2. The standard InChI is InChI=1S/C38H40N4O5S/c43-31-18-29(22-39-23-31)32-9-10-35(34-4-2-1-3-33(32)34)37(45)42-13-11-41(12-14-42)30-7-5-28(6-8-30)36(44)40-48(46,47)24-38-19-25-15-26(20-38)17-27(16-25)21-38/h1-10,18,22-23,25-27,43H,11-17,19-21,24H2,(H,40,44). The number of nitrogens with zero attached hydrogens (tertiary/aromatic N) is 3. The topological polar surface area (TPSA) is 120 Å². The Morgan fingerprint density at radius 2 is 1.48 bits per heavy atom. The van der Waals surface area contributed by atoms with Crippen molar-refractivity contribution >= 4 is 38.3 Å². The molecule has 1 aliphatic heterocycles. The molecular weight excluding hydrogens is 625 g/mol. The summed E-state index contributed by atoms with van der Waals surface area (Å²) in [6.07, 6.45) is 9.76. The number of sulfonamides is 1. The summed E-state index contributed by atoms with van der Waals surface area (Å²) in [7, 11) is -3.75. The van der Waals surface area contributed by atoms with E-state index in [1.54, 1.807) is 24.4 Å². The molecule has 10 heteroatoms. The molecular formula is C38H40N4O5S. The van der Waals surface area contributed by atoms with Crippen LogP contribution in [0.3, 0.4) is 0 Å². The molecule has 0 unspecified atom stereocenters. The fourth-order valence-corrected chi connectivity index (χ4v) is 11.2. The fourth-order valence-electron chi connectivity index (χ4n) is 9.58. The zero-order valence-corrected chi connectivity index (χ0v) is 27.7. The highest BCUT2D eigenvalue weighted by molar-refractivity contribution is 7.90. The molecule has 3 aromatic carbocycles. The van der Waals surface area contributed by atoms with Crippen molar-refractivity contribution in [3.05, 3.63) is 90.3 Å². The summed E-state index contributed by atoms with van der Waals surface area (Å²) in [5.41, 5.74) is 3.37. The van der Waals surface area contributed by atoms with Crippen LogP contribution in [0.4, 0.5) is 5.69 Å². The van der Waals surface area contributed by atoms with Gasteiger partial charge < -0.3 is 14.9 Å². The number of carbonyl (C=O) groups excluding carboxylic acids is 2. The number of rotatable bonds is 7. The molecule has 1 saturated heterocycles. The number of hydrogen-bond acceptors (Lipinski definition) is 7. The number of hydrogen-bond donors (Lipinski definition) is 2. The van der Waals surface area contributed by atoms with Crippen LogP contribution in [-0.2, 0) is 10.0 Å². The van der Waals surface area contributed by atoms with Crippen molar-refractivity contribution in [2.24, 2.45) is 23.2 Å². The van der Waals surface area contributed by atoms with Crippen molar-refractivity contribution in [1.29, 1.82) is 0 Å². The molecule has 248 valence electrons. The van der Waals surface area contributed by atoms with Gasteiger partial charge in [-0.3, -0.25) is 14.6 Å². The molecule has 0 spiro atoms. The highest BCUT2D eigenvalue weighted by Gasteiger charge is 2.52. The van der Waals surface area contributed by atoms with Crippen LogP contribution in [0.2, 0.25) is 0 Å². The third-order valence-electron chi connectivity index (χ3n) is 11.2. The number of piperazine rings is 1. The highest BCUT2D eigenvalue weighted by atomic mass is 32.2. The van der Waals surface area contributed by atoms with Gasteiger partial charge in [0.2, 0.25) is 10.0 Å². The van der Waals surface area contributed by atoms with Gasteiger partial charge in [0.1, 0.15) is 5.75 Å². The molecule has 0 atom stereocenters. The molecule has 4 bridgehead atoms. The van der Waals surface area contributed by atoms with Crippen molar-refractivity contribution in [2.45, 2.75) is 38.5 Å². The Labute approximate surface area is 281 Å². The average Bonchev–Trinajstić information content (AvgIpc) is 3.06. The molecule has 5 aliphatic rings. The van der Waals surface area contributed by atoms with Gasteiger partial charge in [-0.05, 0) is 114 Å². The minimum Gasteiger partial charge on any atom is -0.506 e. The monoisotopic (exact) mass is 664 g/mol. The Hall–Kier alpha value is -4.44. The Morgan fingerprint density at radius 1 is 0.833 bits per heavy atom. The van der Waals surface area contributed by atoms with E-state index in [2.05, 4.69) is 14.6 Å². The number of benzene rings is 3. The van der Waals surface area contributed by atoms with Gasteiger partial charge in [-0.1, -0.05) is 30.3 Å². The first-order valence-corrected chi connectivity index (χ1v) is 18.6. The normalized spacial score (nSPS) is 25.0. The van der Waals surface area contributed by atoms with Crippen LogP contribution in [0.25, 0.3) is 21.9 Å². The van der Waals surface area contributed by atoms with Crippen molar-refractivity contribution < 1.29 is 23.1 Å². The zero-order valence-electron chi connectivity index (χ0n) is 26.8. The van der Waals surface area contributed by atoms with E-state index in [1.807, 2.05) is 53.4 Å². The minimum atomic E-state index is -3.75. The second-order valence-corrected chi connectivity index (χ2v) is 16.3. The van der Waals surface area contributed by atoms with Crippen molar-refractivity contribution in [2.75, 3.05) is 36.8 Å². The maximum atomic E-state index is 13.8. The molecule has 9 nitrogen and oxygen atoms in total. The van der Waals surface area contributed by atoms with Crippen LogP contribution in [0.1, 0.15) is 59.2 Å². The van der Waals surface area contributed by atoms with Crippen LogP contribution < -0.4 is 9.62 Å². The van der Waals surface area contributed by atoms with Gasteiger partial charge in [0.05, 0.1) is 11.9 Å². The number of anilines is 1. The SMILES string of the molecule is O=C(NS(=O)(=O)CC12CC3CC(CC(C3)C1)C2)c1ccc(N2CCN(C(=O)c3ccc(-c4cncc(O)c4)c4ccccc34)CC2)cc1. The predicted molar refractivity (Wildman–Crippen MR) is 185 cm³/mol. The number of amides is 2. The van der Waals surface area contributed by atoms with Gasteiger partial charge >= 0.3 is 0 Å². The third kappa shape index (κ3) is 5.91. The number of aromatic hydroxyl groups is 1. The van der Waals surface area contributed by atoms with Crippen molar-refractivity contribution in [3.63, 3.8) is 0 Å². The summed E-state index contributed by atoms with van der Waals surface area (Å²) >= 11 is 0. The van der Waals surface area contributed by atoms with E-state index < -0.39 is 15.9 Å². The third-order valence-corrected chi connectivity index (χ3v) is 12.6. The fraction of sp³-hybridized carbons (Fsp3) is 0.395. The van der Waals surface area contributed by atoms with Crippen LogP contribution in [0.5, 0.6) is 5.75 Å². The maximum absolute atomic E-state index is 13.8. The molecule has 4 aliphatic carbocycles. The lowest BCUT2D eigenvalue weighted by atomic mass is 9.50. The van der Waals surface area contributed by atoms with E-state index in [9.17, 15) is 23.1 Å². The molecule has 1 aromatic heterocycles. The summed E-state index contributed by atoms with van der Waals surface area (Å²) < 4.78 is 28.7. The lowest BCUT2D eigenvalue weighted by Crippen LogP contribution is -2.51. The maximum Gasteiger partial charge on any atom is 0.264 e. The molecule has 4 aromatic rings. The molecule has 0 radical (unpaired) electrons. The Balaban J connectivity index is 0.899. The van der Waals surface area contributed by atoms with E-state index >= 15 is 0 Å². The lowest BCUT2D eigenvalue weighted by Gasteiger charge is -2.56. The van der Waals surface area contributed by atoms with Gasteiger partial charge in [-0.15, -0.1) is 0 Å². The quantitative estimate of drug-likeness (QED) is 0.255. The molecule has 2 amide bonds. The van der Waals surface area contributed by atoms with Crippen LogP contribution in [-0.4, -0.2) is 67.2 Å². The van der Waals surface area contributed by atoms with E-state index in [4.69, 9.17) is 0 Å². The molecule has 9 rings (SSSR count). The highest BCUT2D eigenvalue weighted by Crippen LogP contribution is 2.60. The predicted octanol–water partition coefficient (Wildman–Crippen LogP) is 5.85. The molecule has 4 saturated carbocycles. The number of pyridine rings is 1. The summed E-state index contributed by atoms with van der Waals surface area (Å²) in [5, 5.41) is 11.7. The number of nitrogens with one attached hydrogen (secondary N) is 1. The smallest absolute Gasteiger partial charge is 0.264 e. The summed E-state index contributed by atoms with van der Waals surface area (Å²) in [6, 6.07) is 20.3. The first kappa shape index (κ1) is 30.9. The molecule has 2 N–H and O–H groups in total. The van der Waals surface area contributed by atoms with Crippen molar-refractivity contribution in [3.8, 4) is 16.9 Å². The summed E-state index contributed by atoms with van der Waals surface area (Å²) in [5.74, 6) is 1.46. The first-order valence-electron chi connectivity index (χ1n) is 17.0. The second kappa shape index (κ2) is 11.9. The van der Waals surface area contributed by atoms with E-state index in [0.29, 0.717) is 55.1 Å². The minimum absolute atomic E-state index is 0.0341. The van der Waals surface area contributed by atoms with Gasteiger partial charge in [0.15, 0.2) is 0 Å². The first-order chi connectivity index (χ1) is 23.1. The average molecular weight is 665 g/mol. The van der Waals surface area contributed by atoms with E-state index in [1.165, 1.54) is 25.5 Å². The van der Waals surface area contributed by atoms with Crippen molar-refractivity contribution in [1.82, 2.24) is 14.6 Å². The summed E-state index contributed by atoms with van der Waals surface area (Å²) in [6.45, 7) is 2.33. The Morgan fingerprint density at radius 3 is 2.12 bits per heavy atom. The second-order valence-electron chi connectivity index (χ2n) is 14.6. The van der Waals surface area contributed by atoms with Gasteiger partial charge in [-0.25, -0.2) is 13.1 Å². The van der Waals surface area contributed by atoms with Gasteiger partial charge in [0.25, 0.3) is 11.8 Å². The van der Waals surface area contributed by atoms with Gasteiger partial charge in [0, 0.05) is 54.8 Å². The van der Waals surface area contributed by atoms with E-state index in [0.717, 1.165) is 46.8 Å². The van der Waals surface area contributed by atoms with Crippen LogP contribution in [0, 0.1) is 23.2 Å². The summed E-state index contributed by atoms with van der Waals surface area (Å²) in [4.78, 5) is 34.9. The Bertz CT molecular complexity index is 1970. The van der Waals surface area contributed by atoms with Crippen LogP contribution >= 0.6 is 0 Å². The molecule has 5 fully saturated rings. The molecule has 2 heterocycles. The largest absolute Gasteiger partial charge is 0.506 e. The molecule has 48 heavy (non-hydrogen) atoms. The zero-order chi connectivity index (χ0) is 33.0. The van der Waals surface area contributed by atoms with E-state index in [-0.39, 0.29) is 22.8 Å².